The fraction of sp³-hybridized carbons (Fsp3) is 0.750. The minimum Gasteiger partial charge on any atom is -0.385 e. The molecule has 3 atom stereocenters. The molecular formula is C12H18O2. The van der Waals surface area contributed by atoms with Gasteiger partial charge in [-0.25, -0.2) is 0 Å². The Kier molecular flexibility index (Phi) is 2.26. The van der Waals surface area contributed by atoms with Gasteiger partial charge in [0.1, 0.15) is 6.10 Å². The maximum absolute atomic E-state index is 11.5. The SMILES string of the molecule is CC1=CCC2CCC(=O)C(O)C2(C)C1. The van der Waals surface area contributed by atoms with E-state index in [4.69, 9.17) is 0 Å². The van der Waals surface area contributed by atoms with Crippen LogP contribution in [0.2, 0.25) is 0 Å². The predicted molar refractivity (Wildman–Crippen MR) is 54.8 cm³/mol. The Balaban J connectivity index is 2.30. The number of hydrogen-bond donors (Lipinski definition) is 1. The number of carbonyl (C=O) groups excluding carboxylic acids is 1. The van der Waals surface area contributed by atoms with Crippen LogP contribution in [-0.2, 0) is 4.79 Å². The summed E-state index contributed by atoms with van der Waals surface area (Å²) < 4.78 is 0. The van der Waals surface area contributed by atoms with E-state index in [-0.39, 0.29) is 11.2 Å². The van der Waals surface area contributed by atoms with Gasteiger partial charge in [-0.2, -0.15) is 0 Å². The van der Waals surface area contributed by atoms with E-state index in [9.17, 15) is 9.90 Å². The Morgan fingerprint density at radius 3 is 3.00 bits per heavy atom. The molecule has 1 N–H and O–H groups in total. The highest BCUT2D eigenvalue weighted by Crippen LogP contribution is 2.48. The number of ketones is 1. The van der Waals surface area contributed by atoms with Crippen LogP contribution in [0.1, 0.15) is 39.5 Å². The summed E-state index contributed by atoms with van der Waals surface area (Å²) in [5, 5.41) is 9.97. The number of aliphatic hydroxyl groups excluding tert-OH is 1. The van der Waals surface area contributed by atoms with Crippen LogP contribution in [0.3, 0.4) is 0 Å². The van der Waals surface area contributed by atoms with Gasteiger partial charge in [0.15, 0.2) is 5.78 Å². The summed E-state index contributed by atoms with van der Waals surface area (Å²) in [6.07, 6.45) is 4.96. The van der Waals surface area contributed by atoms with Gasteiger partial charge in [-0.3, -0.25) is 4.79 Å². The Morgan fingerprint density at radius 1 is 1.57 bits per heavy atom. The van der Waals surface area contributed by atoms with Crippen molar-refractivity contribution in [3.05, 3.63) is 11.6 Å². The van der Waals surface area contributed by atoms with Crippen molar-refractivity contribution in [2.75, 3.05) is 0 Å². The number of allylic oxidation sites excluding steroid dienone is 2. The average Bonchev–Trinajstić information content (AvgIpc) is 2.13. The molecule has 0 heterocycles. The van der Waals surface area contributed by atoms with Gasteiger partial charge in [0, 0.05) is 11.8 Å². The highest BCUT2D eigenvalue weighted by atomic mass is 16.3. The molecule has 0 aromatic carbocycles. The minimum absolute atomic E-state index is 0.0402. The first kappa shape index (κ1) is 9.91. The third kappa shape index (κ3) is 1.33. The van der Waals surface area contributed by atoms with Gasteiger partial charge in [-0.15, -0.1) is 0 Å². The molecule has 0 bridgehead atoms. The summed E-state index contributed by atoms with van der Waals surface area (Å²) >= 11 is 0. The van der Waals surface area contributed by atoms with Gasteiger partial charge in [0.25, 0.3) is 0 Å². The third-order valence-electron chi connectivity index (χ3n) is 4.01. The van der Waals surface area contributed by atoms with Crippen molar-refractivity contribution < 1.29 is 9.90 Å². The molecule has 1 fully saturated rings. The van der Waals surface area contributed by atoms with Gasteiger partial charge in [-0.05, 0) is 32.1 Å². The highest BCUT2D eigenvalue weighted by Gasteiger charge is 2.47. The lowest BCUT2D eigenvalue weighted by Crippen LogP contribution is -2.49. The highest BCUT2D eigenvalue weighted by molar-refractivity contribution is 5.84. The molecule has 2 heteroatoms. The Bertz CT molecular complexity index is 293. The zero-order valence-corrected chi connectivity index (χ0v) is 8.92. The minimum atomic E-state index is -0.732. The summed E-state index contributed by atoms with van der Waals surface area (Å²) in [6, 6.07) is 0. The van der Waals surface area contributed by atoms with E-state index in [1.54, 1.807) is 0 Å². The van der Waals surface area contributed by atoms with Crippen LogP contribution in [0.4, 0.5) is 0 Å². The molecule has 2 aliphatic rings. The summed E-state index contributed by atoms with van der Waals surface area (Å²) in [4.78, 5) is 11.5. The molecule has 0 aromatic rings. The second-order valence-electron chi connectivity index (χ2n) is 5.07. The van der Waals surface area contributed by atoms with Crippen LogP contribution >= 0.6 is 0 Å². The lowest BCUT2D eigenvalue weighted by Gasteiger charge is -2.46. The number of aliphatic hydroxyl groups is 1. The number of Topliss-reactive ketones (excluding diaryl/α,β-unsaturated/α-hetero) is 1. The van der Waals surface area contributed by atoms with Gasteiger partial charge < -0.3 is 5.11 Å². The lowest BCUT2D eigenvalue weighted by atomic mass is 9.59. The van der Waals surface area contributed by atoms with Crippen molar-refractivity contribution >= 4 is 5.78 Å². The largest absolute Gasteiger partial charge is 0.385 e. The second-order valence-corrected chi connectivity index (χ2v) is 5.07. The van der Waals surface area contributed by atoms with Crippen molar-refractivity contribution in [1.82, 2.24) is 0 Å². The molecule has 14 heavy (non-hydrogen) atoms. The Labute approximate surface area is 85.0 Å². The van der Waals surface area contributed by atoms with E-state index in [1.165, 1.54) is 5.57 Å². The first-order valence-corrected chi connectivity index (χ1v) is 5.40. The molecule has 1 saturated carbocycles. The molecule has 0 radical (unpaired) electrons. The molecule has 0 spiro atoms. The molecule has 0 aliphatic heterocycles. The maximum atomic E-state index is 11.5. The summed E-state index contributed by atoms with van der Waals surface area (Å²) in [5.41, 5.74) is 1.13. The van der Waals surface area contributed by atoms with Crippen LogP contribution in [0.25, 0.3) is 0 Å². The standard InChI is InChI=1S/C12H18O2/c1-8-3-4-9-5-6-10(13)11(14)12(9,2)7-8/h3,9,11,14H,4-7H2,1-2H3. The number of hydrogen-bond acceptors (Lipinski definition) is 2. The van der Waals surface area contributed by atoms with Crippen molar-refractivity contribution in [2.45, 2.75) is 45.6 Å². The summed E-state index contributed by atoms with van der Waals surface area (Å²) in [5.74, 6) is 0.539. The average molecular weight is 194 g/mol. The van der Waals surface area contributed by atoms with Gasteiger partial charge >= 0.3 is 0 Å². The molecular weight excluding hydrogens is 176 g/mol. The van der Waals surface area contributed by atoms with Gasteiger partial charge in [0.2, 0.25) is 0 Å². The van der Waals surface area contributed by atoms with Crippen molar-refractivity contribution in [1.29, 1.82) is 0 Å². The van der Waals surface area contributed by atoms with Crippen LogP contribution in [0, 0.1) is 11.3 Å². The summed E-state index contributed by atoms with van der Waals surface area (Å²) in [6.45, 7) is 4.16. The quantitative estimate of drug-likeness (QED) is 0.599. The van der Waals surface area contributed by atoms with Crippen molar-refractivity contribution in [2.24, 2.45) is 11.3 Å². The normalized spacial score (nSPS) is 43.1. The van der Waals surface area contributed by atoms with Gasteiger partial charge in [0.05, 0.1) is 0 Å². The van der Waals surface area contributed by atoms with E-state index >= 15 is 0 Å². The zero-order valence-electron chi connectivity index (χ0n) is 8.92. The van der Waals surface area contributed by atoms with E-state index in [1.807, 2.05) is 0 Å². The van der Waals surface area contributed by atoms with Crippen LogP contribution < -0.4 is 0 Å². The molecule has 3 unspecified atom stereocenters. The second kappa shape index (κ2) is 3.20. The zero-order chi connectivity index (χ0) is 10.3. The van der Waals surface area contributed by atoms with Crippen LogP contribution in [0.5, 0.6) is 0 Å². The maximum Gasteiger partial charge on any atom is 0.161 e. The molecule has 0 amide bonds. The first-order valence-electron chi connectivity index (χ1n) is 5.40. The smallest absolute Gasteiger partial charge is 0.161 e. The molecule has 0 saturated heterocycles. The van der Waals surface area contributed by atoms with Crippen LogP contribution in [-0.4, -0.2) is 17.0 Å². The number of carbonyl (C=O) groups is 1. The van der Waals surface area contributed by atoms with E-state index < -0.39 is 6.10 Å². The monoisotopic (exact) mass is 194 g/mol. The fourth-order valence-electron chi connectivity index (χ4n) is 3.02. The Morgan fingerprint density at radius 2 is 2.29 bits per heavy atom. The molecule has 2 nitrogen and oxygen atoms in total. The molecule has 2 aliphatic carbocycles. The van der Waals surface area contributed by atoms with E-state index in [0.717, 1.165) is 19.3 Å². The topological polar surface area (TPSA) is 37.3 Å². The van der Waals surface area contributed by atoms with E-state index in [2.05, 4.69) is 19.9 Å². The Hall–Kier alpha value is -0.630. The number of fused-ring (bicyclic) bond motifs is 1. The molecule has 2 rings (SSSR count). The predicted octanol–water partition coefficient (Wildman–Crippen LogP) is 2.07. The summed E-state index contributed by atoms with van der Waals surface area (Å²) in [7, 11) is 0. The molecule has 0 aromatic heterocycles. The lowest BCUT2D eigenvalue weighted by molar-refractivity contribution is -0.143. The fourth-order valence-corrected chi connectivity index (χ4v) is 3.02. The number of rotatable bonds is 0. The van der Waals surface area contributed by atoms with E-state index in [0.29, 0.717) is 12.3 Å². The molecule has 78 valence electrons. The van der Waals surface area contributed by atoms with Gasteiger partial charge in [-0.1, -0.05) is 18.6 Å². The van der Waals surface area contributed by atoms with Crippen molar-refractivity contribution in [3.8, 4) is 0 Å². The van der Waals surface area contributed by atoms with Crippen molar-refractivity contribution in [3.63, 3.8) is 0 Å². The van der Waals surface area contributed by atoms with Crippen LogP contribution in [0.15, 0.2) is 11.6 Å². The first-order chi connectivity index (χ1) is 6.54. The third-order valence-corrected chi connectivity index (χ3v) is 4.01.